The van der Waals surface area contributed by atoms with Gasteiger partial charge in [0, 0.05) is 24.8 Å². The second-order valence-electron chi connectivity index (χ2n) is 5.93. The van der Waals surface area contributed by atoms with E-state index in [-0.39, 0.29) is 12.2 Å². The standard InChI is InChI=1S/C17H19F2N5O/c1-11-8-13(22-16(21-11)24-6-2-3-7-24)10-20-17(25)23-15-9-12(18)4-5-14(15)19/h4-5,8-9H,2-3,6-7,10H2,1H3,(H2,20,23,25). The van der Waals surface area contributed by atoms with Gasteiger partial charge in [0.2, 0.25) is 5.95 Å². The number of anilines is 2. The molecule has 0 bridgehead atoms. The summed E-state index contributed by atoms with van der Waals surface area (Å²) < 4.78 is 26.7. The quantitative estimate of drug-likeness (QED) is 0.892. The van der Waals surface area contributed by atoms with Gasteiger partial charge in [-0.15, -0.1) is 0 Å². The number of amides is 2. The van der Waals surface area contributed by atoms with Crippen LogP contribution in [0, 0.1) is 18.6 Å². The van der Waals surface area contributed by atoms with E-state index in [1.165, 1.54) is 0 Å². The van der Waals surface area contributed by atoms with Crippen molar-refractivity contribution in [2.75, 3.05) is 23.3 Å². The van der Waals surface area contributed by atoms with E-state index in [0.29, 0.717) is 11.6 Å². The molecule has 0 aliphatic carbocycles. The molecule has 0 radical (unpaired) electrons. The Morgan fingerprint density at radius 3 is 2.72 bits per heavy atom. The minimum atomic E-state index is -0.703. The van der Waals surface area contributed by atoms with Crippen LogP contribution in [0.15, 0.2) is 24.3 Å². The van der Waals surface area contributed by atoms with Crippen LogP contribution < -0.4 is 15.5 Å². The Kier molecular flexibility index (Phi) is 5.06. The van der Waals surface area contributed by atoms with E-state index in [1.54, 1.807) is 6.07 Å². The van der Waals surface area contributed by atoms with Crippen LogP contribution in [0.4, 0.5) is 25.2 Å². The van der Waals surface area contributed by atoms with Crippen molar-refractivity contribution in [1.29, 1.82) is 0 Å². The number of nitrogens with one attached hydrogen (secondary N) is 2. The summed E-state index contributed by atoms with van der Waals surface area (Å²) >= 11 is 0. The van der Waals surface area contributed by atoms with Crippen LogP contribution in [0.1, 0.15) is 24.2 Å². The van der Waals surface area contributed by atoms with Gasteiger partial charge in [0.05, 0.1) is 17.9 Å². The third-order valence-electron chi connectivity index (χ3n) is 3.89. The van der Waals surface area contributed by atoms with Gasteiger partial charge in [0.15, 0.2) is 0 Å². The number of aryl methyl sites for hydroxylation is 1. The maximum absolute atomic E-state index is 13.5. The average Bonchev–Trinajstić information content (AvgIpc) is 3.10. The fourth-order valence-electron chi connectivity index (χ4n) is 2.70. The Bertz CT molecular complexity index is 778. The van der Waals surface area contributed by atoms with Gasteiger partial charge in [0.1, 0.15) is 11.6 Å². The van der Waals surface area contributed by atoms with Gasteiger partial charge in [-0.2, -0.15) is 0 Å². The first-order valence-corrected chi connectivity index (χ1v) is 8.11. The zero-order valence-electron chi connectivity index (χ0n) is 13.9. The van der Waals surface area contributed by atoms with Crippen LogP contribution in [-0.4, -0.2) is 29.1 Å². The number of rotatable bonds is 4. The molecular formula is C17H19F2N5O. The number of hydrogen-bond acceptors (Lipinski definition) is 4. The summed E-state index contributed by atoms with van der Waals surface area (Å²) in [6, 6.07) is 4.02. The van der Waals surface area contributed by atoms with Gasteiger partial charge in [-0.1, -0.05) is 0 Å². The van der Waals surface area contributed by atoms with Crippen molar-refractivity contribution < 1.29 is 13.6 Å². The number of nitrogens with zero attached hydrogens (tertiary/aromatic N) is 3. The number of halogens is 2. The van der Waals surface area contributed by atoms with Crippen molar-refractivity contribution in [1.82, 2.24) is 15.3 Å². The molecule has 1 aliphatic heterocycles. The van der Waals surface area contributed by atoms with Gasteiger partial charge in [-0.05, 0) is 38.0 Å². The minimum Gasteiger partial charge on any atom is -0.341 e. The van der Waals surface area contributed by atoms with E-state index in [9.17, 15) is 13.6 Å². The predicted molar refractivity (Wildman–Crippen MR) is 90.4 cm³/mol. The van der Waals surface area contributed by atoms with Gasteiger partial charge in [-0.3, -0.25) is 0 Å². The smallest absolute Gasteiger partial charge is 0.319 e. The minimum absolute atomic E-state index is 0.160. The van der Waals surface area contributed by atoms with E-state index < -0.39 is 17.7 Å². The zero-order chi connectivity index (χ0) is 17.8. The van der Waals surface area contributed by atoms with Crippen molar-refractivity contribution in [3.63, 3.8) is 0 Å². The van der Waals surface area contributed by atoms with Crippen LogP contribution >= 0.6 is 0 Å². The summed E-state index contributed by atoms with van der Waals surface area (Å²) in [4.78, 5) is 22.9. The summed E-state index contributed by atoms with van der Waals surface area (Å²) in [5, 5.41) is 4.88. The van der Waals surface area contributed by atoms with Crippen LogP contribution in [0.5, 0.6) is 0 Å². The summed E-state index contributed by atoms with van der Waals surface area (Å²) in [6.07, 6.45) is 2.24. The Morgan fingerprint density at radius 2 is 1.96 bits per heavy atom. The first-order valence-electron chi connectivity index (χ1n) is 8.11. The van der Waals surface area contributed by atoms with E-state index >= 15 is 0 Å². The molecule has 25 heavy (non-hydrogen) atoms. The second-order valence-corrected chi connectivity index (χ2v) is 5.93. The van der Waals surface area contributed by atoms with Gasteiger partial charge in [-0.25, -0.2) is 23.5 Å². The molecule has 0 atom stereocenters. The molecule has 8 heteroatoms. The van der Waals surface area contributed by atoms with Gasteiger partial charge < -0.3 is 15.5 Å². The van der Waals surface area contributed by atoms with Crippen molar-refractivity contribution in [3.8, 4) is 0 Å². The highest BCUT2D eigenvalue weighted by atomic mass is 19.1. The second kappa shape index (κ2) is 7.42. The lowest BCUT2D eigenvalue weighted by atomic mass is 10.3. The molecule has 2 N–H and O–H groups in total. The summed E-state index contributed by atoms with van der Waals surface area (Å²) in [5.74, 6) is -0.671. The van der Waals surface area contributed by atoms with Gasteiger partial charge >= 0.3 is 6.03 Å². The molecule has 2 amide bonds. The molecule has 132 valence electrons. The molecule has 0 unspecified atom stereocenters. The largest absolute Gasteiger partial charge is 0.341 e. The lowest BCUT2D eigenvalue weighted by Crippen LogP contribution is -2.29. The third kappa shape index (κ3) is 4.40. The van der Waals surface area contributed by atoms with Crippen LogP contribution in [0.3, 0.4) is 0 Å². The Hall–Kier alpha value is -2.77. The SMILES string of the molecule is Cc1cc(CNC(=O)Nc2cc(F)ccc2F)nc(N2CCCC2)n1. The van der Waals surface area contributed by atoms with E-state index in [1.807, 2.05) is 6.92 Å². The van der Waals surface area contributed by atoms with E-state index in [4.69, 9.17) is 0 Å². The summed E-state index contributed by atoms with van der Waals surface area (Å²) in [5.41, 5.74) is 1.25. The number of urea groups is 1. The predicted octanol–water partition coefficient (Wildman–Crippen LogP) is 2.99. The number of benzene rings is 1. The first kappa shape index (κ1) is 17.1. The normalized spacial score (nSPS) is 13.8. The molecule has 0 saturated carbocycles. The maximum Gasteiger partial charge on any atom is 0.319 e. The van der Waals surface area contributed by atoms with Crippen molar-refractivity contribution >= 4 is 17.7 Å². The fourth-order valence-corrected chi connectivity index (χ4v) is 2.70. The number of aromatic nitrogens is 2. The van der Waals surface area contributed by atoms with Crippen LogP contribution in [0.2, 0.25) is 0 Å². The highest BCUT2D eigenvalue weighted by Crippen LogP contribution is 2.17. The first-order chi connectivity index (χ1) is 12.0. The molecule has 1 saturated heterocycles. The third-order valence-corrected chi connectivity index (χ3v) is 3.89. The molecule has 2 heterocycles. The zero-order valence-corrected chi connectivity index (χ0v) is 13.9. The molecular weight excluding hydrogens is 328 g/mol. The van der Waals surface area contributed by atoms with Crippen LogP contribution in [0.25, 0.3) is 0 Å². The Morgan fingerprint density at radius 1 is 1.20 bits per heavy atom. The van der Waals surface area contributed by atoms with E-state index in [2.05, 4.69) is 25.5 Å². The Balaban J connectivity index is 1.62. The van der Waals surface area contributed by atoms with Crippen molar-refractivity contribution in [3.05, 3.63) is 47.3 Å². The van der Waals surface area contributed by atoms with Crippen LogP contribution in [-0.2, 0) is 6.54 Å². The highest BCUT2D eigenvalue weighted by Gasteiger charge is 2.16. The number of carbonyl (C=O) groups is 1. The van der Waals surface area contributed by atoms with Crippen molar-refractivity contribution in [2.45, 2.75) is 26.3 Å². The molecule has 1 aromatic heterocycles. The molecule has 0 spiro atoms. The molecule has 1 aromatic carbocycles. The monoisotopic (exact) mass is 347 g/mol. The lowest BCUT2D eigenvalue weighted by Gasteiger charge is -2.16. The molecule has 2 aromatic rings. The highest BCUT2D eigenvalue weighted by molar-refractivity contribution is 5.89. The number of carbonyl (C=O) groups excluding carboxylic acids is 1. The molecule has 1 fully saturated rings. The Labute approximate surface area is 144 Å². The van der Waals surface area contributed by atoms with Gasteiger partial charge in [0.25, 0.3) is 0 Å². The average molecular weight is 347 g/mol. The topological polar surface area (TPSA) is 70.2 Å². The lowest BCUT2D eigenvalue weighted by molar-refractivity contribution is 0.251. The summed E-state index contributed by atoms with van der Waals surface area (Å²) in [6.45, 7) is 3.88. The molecule has 6 nitrogen and oxygen atoms in total. The molecule has 3 rings (SSSR count). The summed E-state index contributed by atoms with van der Waals surface area (Å²) in [7, 11) is 0. The van der Waals surface area contributed by atoms with Crippen molar-refractivity contribution in [2.24, 2.45) is 0 Å². The van der Waals surface area contributed by atoms with E-state index in [0.717, 1.165) is 49.8 Å². The molecule has 1 aliphatic rings. The fraction of sp³-hybridized carbons (Fsp3) is 0.353. The number of hydrogen-bond donors (Lipinski definition) is 2. The maximum atomic E-state index is 13.5.